The first-order chi connectivity index (χ1) is 33.0. The van der Waals surface area contributed by atoms with Crippen LogP contribution in [0.1, 0.15) is 303 Å². The third-order valence-electron chi connectivity index (χ3n) is 12.8. The fraction of sp³-hybridized carbons (Fsp3) is 0.820. The molecule has 0 rings (SSSR count). The molecule has 0 bridgehead atoms. The van der Waals surface area contributed by atoms with E-state index in [4.69, 9.17) is 14.2 Å². The van der Waals surface area contributed by atoms with E-state index in [-0.39, 0.29) is 31.1 Å². The summed E-state index contributed by atoms with van der Waals surface area (Å²) in [5.74, 6) is -0.875. The van der Waals surface area contributed by atoms with E-state index in [1.54, 1.807) is 0 Å². The molecule has 0 aromatic rings. The van der Waals surface area contributed by atoms with Gasteiger partial charge in [0.1, 0.15) is 13.2 Å². The van der Waals surface area contributed by atoms with Gasteiger partial charge in [-0.3, -0.25) is 14.4 Å². The van der Waals surface area contributed by atoms with Crippen LogP contribution in [0, 0.1) is 0 Å². The molecule has 6 heteroatoms. The first-order valence-corrected chi connectivity index (χ1v) is 29.1. The molecule has 0 aliphatic carbocycles. The summed E-state index contributed by atoms with van der Waals surface area (Å²) in [6, 6.07) is 0. The van der Waals surface area contributed by atoms with Crippen molar-refractivity contribution in [3.05, 3.63) is 48.6 Å². The molecule has 67 heavy (non-hydrogen) atoms. The van der Waals surface area contributed by atoms with Gasteiger partial charge >= 0.3 is 17.9 Å². The van der Waals surface area contributed by atoms with E-state index in [2.05, 4.69) is 69.4 Å². The minimum atomic E-state index is -0.775. The van der Waals surface area contributed by atoms with Crippen LogP contribution in [-0.2, 0) is 28.6 Å². The van der Waals surface area contributed by atoms with Crippen LogP contribution in [0.2, 0.25) is 0 Å². The van der Waals surface area contributed by atoms with Crippen LogP contribution >= 0.6 is 0 Å². The second-order valence-corrected chi connectivity index (χ2v) is 19.5. The SMILES string of the molecule is CC/C=C\C/C=C\C/C=C\CCCCCCCCCC(=O)OC(COC(=O)CCCCCCCCCCC)COC(=O)CCCCCCCCCCCCC/C=C\CCCCCCCCCC. The number of unbranched alkanes of at least 4 members (excludes halogenated alkanes) is 34. The second kappa shape index (κ2) is 56.0. The summed E-state index contributed by atoms with van der Waals surface area (Å²) in [5, 5.41) is 0. The maximum atomic E-state index is 12.8. The van der Waals surface area contributed by atoms with E-state index in [0.29, 0.717) is 19.3 Å². The molecule has 0 saturated carbocycles. The number of esters is 3. The van der Waals surface area contributed by atoms with Gasteiger partial charge in [-0.25, -0.2) is 0 Å². The van der Waals surface area contributed by atoms with Crippen LogP contribution in [0.3, 0.4) is 0 Å². The van der Waals surface area contributed by atoms with E-state index in [9.17, 15) is 14.4 Å². The molecular formula is C61H110O6. The molecule has 1 atom stereocenters. The number of ether oxygens (including phenoxy) is 3. The topological polar surface area (TPSA) is 78.9 Å². The number of carbonyl (C=O) groups excluding carboxylic acids is 3. The lowest BCUT2D eigenvalue weighted by molar-refractivity contribution is -0.167. The molecular weight excluding hydrogens is 829 g/mol. The predicted octanol–water partition coefficient (Wildman–Crippen LogP) is 19.4. The number of hydrogen-bond acceptors (Lipinski definition) is 6. The first kappa shape index (κ1) is 64.4. The van der Waals surface area contributed by atoms with Crippen LogP contribution in [0.4, 0.5) is 0 Å². The summed E-state index contributed by atoms with van der Waals surface area (Å²) >= 11 is 0. The number of carbonyl (C=O) groups is 3. The van der Waals surface area contributed by atoms with Crippen LogP contribution in [0.5, 0.6) is 0 Å². The second-order valence-electron chi connectivity index (χ2n) is 19.5. The lowest BCUT2D eigenvalue weighted by atomic mass is 10.0. The van der Waals surface area contributed by atoms with Crippen molar-refractivity contribution in [3.63, 3.8) is 0 Å². The van der Waals surface area contributed by atoms with Crippen LogP contribution < -0.4 is 0 Å². The Morgan fingerprint density at radius 3 is 0.925 bits per heavy atom. The van der Waals surface area contributed by atoms with Crippen molar-refractivity contribution in [3.8, 4) is 0 Å². The summed E-state index contributed by atoms with van der Waals surface area (Å²) in [7, 11) is 0. The fourth-order valence-corrected chi connectivity index (χ4v) is 8.45. The zero-order valence-corrected chi connectivity index (χ0v) is 44.7. The number of rotatable bonds is 53. The highest BCUT2D eigenvalue weighted by atomic mass is 16.6. The van der Waals surface area contributed by atoms with E-state index in [1.165, 1.54) is 180 Å². The highest BCUT2D eigenvalue weighted by molar-refractivity contribution is 5.71. The van der Waals surface area contributed by atoms with E-state index < -0.39 is 6.10 Å². The van der Waals surface area contributed by atoms with E-state index in [0.717, 1.165) is 83.5 Å². The van der Waals surface area contributed by atoms with Crippen LogP contribution in [0.15, 0.2) is 48.6 Å². The molecule has 1 unspecified atom stereocenters. The molecule has 0 aromatic heterocycles. The van der Waals surface area contributed by atoms with Crippen molar-refractivity contribution in [2.45, 2.75) is 309 Å². The molecule has 0 saturated heterocycles. The van der Waals surface area contributed by atoms with Crippen molar-refractivity contribution in [1.29, 1.82) is 0 Å². The smallest absolute Gasteiger partial charge is 0.306 e. The standard InChI is InChI=1S/C61H110O6/c1-4-7-10-13-16-19-21-23-25-27-28-29-30-31-32-34-35-37-39-42-45-48-51-54-60(63)66-57-58(56-65-59(62)53-50-47-44-41-18-15-12-9-6-3)67-61(64)55-52-49-46-43-40-38-36-33-26-24-22-20-17-14-11-8-5-2/h8,11,17,20,24,26-28,58H,4-7,9-10,12-16,18-19,21-23,25,29-57H2,1-3H3/b11-8-,20-17-,26-24-,28-27-. The van der Waals surface area contributed by atoms with Crippen molar-refractivity contribution in [1.82, 2.24) is 0 Å². The molecule has 390 valence electrons. The summed E-state index contributed by atoms with van der Waals surface area (Å²) < 4.78 is 16.8. The number of hydrogen-bond donors (Lipinski definition) is 0. The van der Waals surface area contributed by atoms with E-state index >= 15 is 0 Å². The summed E-state index contributed by atoms with van der Waals surface area (Å²) in [6.45, 7) is 6.53. The van der Waals surface area contributed by atoms with Gasteiger partial charge in [0.05, 0.1) is 0 Å². The molecule has 0 spiro atoms. The van der Waals surface area contributed by atoms with Gasteiger partial charge in [-0.15, -0.1) is 0 Å². The Morgan fingerprint density at radius 1 is 0.313 bits per heavy atom. The van der Waals surface area contributed by atoms with Gasteiger partial charge in [0.2, 0.25) is 0 Å². The third-order valence-corrected chi connectivity index (χ3v) is 12.8. The Morgan fingerprint density at radius 2 is 0.582 bits per heavy atom. The lowest BCUT2D eigenvalue weighted by Gasteiger charge is -2.18. The highest BCUT2D eigenvalue weighted by Gasteiger charge is 2.19. The molecule has 0 N–H and O–H groups in total. The minimum Gasteiger partial charge on any atom is -0.462 e. The number of allylic oxidation sites excluding steroid dienone is 8. The average molecular weight is 940 g/mol. The molecule has 0 aliphatic rings. The van der Waals surface area contributed by atoms with Gasteiger partial charge < -0.3 is 14.2 Å². The largest absolute Gasteiger partial charge is 0.462 e. The highest BCUT2D eigenvalue weighted by Crippen LogP contribution is 2.16. The molecule has 0 fully saturated rings. The Kier molecular flexibility index (Phi) is 53.8. The Balaban J connectivity index is 4.22. The third kappa shape index (κ3) is 54.2. The lowest BCUT2D eigenvalue weighted by Crippen LogP contribution is -2.30. The van der Waals surface area contributed by atoms with Gasteiger partial charge in [0, 0.05) is 19.3 Å². The van der Waals surface area contributed by atoms with Crippen LogP contribution in [0.25, 0.3) is 0 Å². The minimum absolute atomic E-state index is 0.0748. The van der Waals surface area contributed by atoms with Crippen molar-refractivity contribution < 1.29 is 28.6 Å². The maximum absolute atomic E-state index is 12.8. The molecule has 0 aromatic carbocycles. The van der Waals surface area contributed by atoms with Crippen LogP contribution in [-0.4, -0.2) is 37.2 Å². The quantitative estimate of drug-likeness (QED) is 0.0262. The van der Waals surface area contributed by atoms with Gasteiger partial charge in [-0.05, 0) is 77.0 Å². The normalized spacial score (nSPS) is 12.3. The Bertz CT molecular complexity index is 1170. The van der Waals surface area contributed by atoms with Crippen molar-refractivity contribution in [2.75, 3.05) is 13.2 Å². The molecule has 0 amide bonds. The fourth-order valence-electron chi connectivity index (χ4n) is 8.45. The van der Waals surface area contributed by atoms with Gasteiger partial charge in [0.15, 0.2) is 6.10 Å². The molecule has 0 aliphatic heterocycles. The Hall–Kier alpha value is -2.63. The summed E-state index contributed by atoms with van der Waals surface area (Å²) in [6.07, 6.45) is 68.3. The predicted molar refractivity (Wildman–Crippen MR) is 289 cm³/mol. The first-order valence-electron chi connectivity index (χ1n) is 29.1. The van der Waals surface area contributed by atoms with E-state index in [1.807, 2.05) is 0 Å². The average Bonchev–Trinajstić information content (AvgIpc) is 3.33. The zero-order valence-electron chi connectivity index (χ0n) is 44.7. The summed E-state index contributed by atoms with van der Waals surface area (Å²) in [4.78, 5) is 38.0. The van der Waals surface area contributed by atoms with Gasteiger partial charge in [0.25, 0.3) is 0 Å². The molecule has 0 heterocycles. The monoisotopic (exact) mass is 939 g/mol. The molecule has 0 radical (unpaired) electrons. The maximum Gasteiger partial charge on any atom is 0.306 e. The summed E-state index contributed by atoms with van der Waals surface area (Å²) in [5.41, 5.74) is 0. The Labute approximate surface area is 416 Å². The molecule has 6 nitrogen and oxygen atoms in total. The van der Waals surface area contributed by atoms with Gasteiger partial charge in [-0.2, -0.15) is 0 Å². The van der Waals surface area contributed by atoms with Crippen molar-refractivity contribution >= 4 is 17.9 Å². The zero-order chi connectivity index (χ0) is 48.6. The van der Waals surface area contributed by atoms with Gasteiger partial charge in [-0.1, -0.05) is 256 Å². The van der Waals surface area contributed by atoms with Crippen molar-refractivity contribution in [2.24, 2.45) is 0 Å².